The van der Waals surface area contributed by atoms with Crippen molar-refractivity contribution < 1.29 is 15.3 Å². The maximum absolute atomic E-state index is 9.70. The lowest BCUT2D eigenvalue weighted by Gasteiger charge is -2.26. The van der Waals surface area contributed by atoms with Crippen LogP contribution in [-0.4, -0.2) is 58.7 Å². The summed E-state index contributed by atoms with van der Waals surface area (Å²) >= 11 is 0. The molecule has 0 aromatic carbocycles. The highest BCUT2D eigenvalue weighted by Gasteiger charge is 2.24. The van der Waals surface area contributed by atoms with Crippen molar-refractivity contribution in [1.82, 2.24) is 4.90 Å². The molecule has 0 amide bonds. The van der Waals surface area contributed by atoms with E-state index in [2.05, 4.69) is 13.8 Å². The second kappa shape index (κ2) is 8.01. The quantitative estimate of drug-likeness (QED) is 0.570. The van der Waals surface area contributed by atoms with E-state index in [1.54, 1.807) is 6.92 Å². The van der Waals surface area contributed by atoms with E-state index in [-0.39, 0.29) is 0 Å². The molecule has 0 rings (SSSR count). The van der Waals surface area contributed by atoms with Crippen molar-refractivity contribution in [3.63, 3.8) is 0 Å². The Morgan fingerprint density at radius 1 is 1.06 bits per heavy atom. The average Bonchev–Trinajstić information content (AvgIpc) is 2.24. The number of aliphatic hydroxyl groups excluding tert-OH is 3. The lowest BCUT2D eigenvalue weighted by atomic mass is 10.1. The minimum atomic E-state index is -1.05. The van der Waals surface area contributed by atoms with E-state index in [0.29, 0.717) is 18.9 Å². The molecule has 3 unspecified atom stereocenters. The molecule has 0 aromatic heterocycles. The Bertz CT molecular complexity index is 176. The maximum atomic E-state index is 9.70. The second-order valence-corrected chi connectivity index (χ2v) is 4.98. The van der Waals surface area contributed by atoms with Crippen LogP contribution in [0.15, 0.2) is 0 Å². The zero-order valence-electron chi connectivity index (χ0n) is 10.9. The molecule has 0 bridgehead atoms. The van der Waals surface area contributed by atoms with Crippen LogP contribution in [-0.2, 0) is 0 Å². The number of rotatable bonds is 8. The lowest BCUT2D eigenvalue weighted by Crippen LogP contribution is -2.43. The van der Waals surface area contributed by atoms with E-state index in [1.165, 1.54) is 0 Å². The minimum absolute atomic E-state index is 0.394. The number of hydrogen-bond donors (Lipinski definition) is 3. The van der Waals surface area contributed by atoms with Crippen molar-refractivity contribution in [2.75, 3.05) is 20.1 Å². The fraction of sp³-hybridized carbons (Fsp3) is 1.00. The monoisotopic (exact) mass is 233 g/mol. The summed E-state index contributed by atoms with van der Waals surface area (Å²) in [5.74, 6) is 0.630. The van der Waals surface area contributed by atoms with E-state index in [0.717, 1.165) is 13.0 Å². The highest BCUT2D eigenvalue weighted by molar-refractivity contribution is 4.76. The van der Waals surface area contributed by atoms with Crippen molar-refractivity contribution in [3.05, 3.63) is 0 Å². The van der Waals surface area contributed by atoms with Crippen LogP contribution in [0.3, 0.4) is 0 Å². The topological polar surface area (TPSA) is 63.9 Å². The number of aliphatic hydroxyl groups is 3. The van der Waals surface area contributed by atoms with Gasteiger partial charge in [-0.25, -0.2) is 0 Å². The van der Waals surface area contributed by atoms with Gasteiger partial charge in [-0.05, 0) is 32.4 Å². The van der Waals surface area contributed by atoms with E-state index in [9.17, 15) is 15.3 Å². The van der Waals surface area contributed by atoms with E-state index < -0.39 is 18.3 Å². The van der Waals surface area contributed by atoms with Crippen LogP contribution in [0.5, 0.6) is 0 Å². The van der Waals surface area contributed by atoms with Gasteiger partial charge in [0.2, 0.25) is 0 Å². The smallest absolute Gasteiger partial charge is 0.107 e. The molecule has 0 aliphatic carbocycles. The summed E-state index contributed by atoms with van der Waals surface area (Å²) < 4.78 is 0. The Kier molecular flexibility index (Phi) is 7.93. The first-order valence-electron chi connectivity index (χ1n) is 6.11. The van der Waals surface area contributed by atoms with Crippen LogP contribution in [0.1, 0.15) is 33.6 Å². The van der Waals surface area contributed by atoms with Crippen molar-refractivity contribution >= 4 is 0 Å². The van der Waals surface area contributed by atoms with Crippen molar-refractivity contribution in [3.8, 4) is 0 Å². The summed E-state index contributed by atoms with van der Waals surface area (Å²) in [7, 11) is 1.91. The number of nitrogens with zero attached hydrogens (tertiary/aromatic N) is 1. The first kappa shape index (κ1) is 15.8. The van der Waals surface area contributed by atoms with Gasteiger partial charge in [0, 0.05) is 6.54 Å². The van der Waals surface area contributed by atoms with Gasteiger partial charge in [-0.15, -0.1) is 0 Å². The molecule has 0 saturated heterocycles. The minimum Gasteiger partial charge on any atom is -0.390 e. The summed E-state index contributed by atoms with van der Waals surface area (Å²) in [6.07, 6.45) is -1.25. The Hall–Kier alpha value is -0.160. The Morgan fingerprint density at radius 3 is 2.06 bits per heavy atom. The van der Waals surface area contributed by atoms with E-state index in [1.807, 2.05) is 11.9 Å². The van der Waals surface area contributed by atoms with Crippen molar-refractivity contribution in [2.24, 2.45) is 5.92 Å². The third kappa shape index (κ3) is 6.43. The van der Waals surface area contributed by atoms with Crippen molar-refractivity contribution in [2.45, 2.75) is 51.9 Å². The van der Waals surface area contributed by atoms with Crippen LogP contribution in [0.25, 0.3) is 0 Å². The molecule has 0 fully saturated rings. The molecular weight excluding hydrogens is 206 g/mol. The highest BCUT2D eigenvalue weighted by Crippen LogP contribution is 2.06. The zero-order chi connectivity index (χ0) is 12.7. The molecule has 0 aliphatic heterocycles. The molecule has 4 nitrogen and oxygen atoms in total. The van der Waals surface area contributed by atoms with Gasteiger partial charge in [-0.3, -0.25) is 0 Å². The Morgan fingerprint density at radius 2 is 1.62 bits per heavy atom. The Balaban J connectivity index is 3.89. The molecule has 4 heteroatoms. The van der Waals surface area contributed by atoms with Crippen molar-refractivity contribution in [1.29, 1.82) is 0 Å². The molecule has 3 N–H and O–H groups in total. The molecule has 0 aliphatic rings. The summed E-state index contributed by atoms with van der Waals surface area (Å²) in [5, 5.41) is 28.7. The SMILES string of the molecule is CCC(O)C(O)C(O)CN(C)CCC(C)C. The molecule has 16 heavy (non-hydrogen) atoms. The highest BCUT2D eigenvalue weighted by atomic mass is 16.4. The average molecular weight is 233 g/mol. The molecule has 3 atom stereocenters. The fourth-order valence-corrected chi connectivity index (χ4v) is 1.50. The van der Waals surface area contributed by atoms with Gasteiger partial charge in [0.1, 0.15) is 6.10 Å². The first-order valence-corrected chi connectivity index (χ1v) is 6.11. The number of hydrogen-bond acceptors (Lipinski definition) is 4. The normalized spacial score (nSPS) is 17.8. The molecule has 0 aromatic rings. The van der Waals surface area contributed by atoms with Gasteiger partial charge in [0.15, 0.2) is 0 Å². The lowest BCUT2D eigenvalue weighted by molar-refractivity contribution is -0.0680. The molecule has 0 radical (unpaired) electrons. The number of likely N-dealkylation sites (N-methyl/N-ethyl adjacent to an activating group) is 1. The van der Waals surface area contributed by atoms with Crippen LogP contribution < -0.4 is 0 Å². The molecule has 0 heterocycles. The molecule has 0 spiro atoms. The Labute approximate surface area is 98.9 Å². The molecule has 0 saturated carbocycles. The predicted molar refractivity (Wildman–Crippen MR) is 65.3 cm³/mol. The predicted octanol–water partition coefficient (Wildman–Crippen LogP) is 0.457. The molecule has 98 valence electrons. The van der Waals surface area contributed by atoms with Gasteiger partial charge < -0.3 is 20.2 Å². The summed E-state index contributed by atoms with van der Waals surface area (Å²) in [4.78, 5) is 1.98. The third-order valence-electron chi connectivity index (χ3n) is 2.79. The van der Waals surface area contributed by atoms with Crippen LogP contribution in [0.2, 0.25) is 0 Å². The van der Waals surface area contributed by atoms with Gasteiger partial charge in [-0.2, -0.15) is 0 Å². The van der Waals surface area contributed by atoms with Gasteiger partial charge in [-0.1, -0.05) is 20.8 Å². The maximum Gasteiger partial charge on any atom is 0.107 e. The zero-order valence-corrected chi connectivity index (χ0v) is 10.9. The van der Waals surface area contributed by atoms with Gasteiger partial charge in [0.05, 0.1) is 12.2 Å². The van der Waals surface area contributed by atoms with E-state index >= 15 is 0 Å². The second-order valence-electron chi connectivity index (χ2n) is 4.98. The standard InChI is InChI=1S/C12H27NO3/c1-5-10(14)12(16)11(15)8-13(4)7-6-9(2)3/h9-12,14-16H,5-8H2,1-4H3. The van der Waals surface area contributed by atoms with Crippen LogP contribution >= 0.6 is 0 Å². The summed E-state index contributed by atoms with van der Waals surface area (Å²) in [6.45, 7) is 7.37. The van der Waals surface area contributed by atoms with Gasteiger partial charge >= 0.3 is 0 Å². The summed E-state index contributed by atoms with van der Waals surface area (Å²) in [5.41, 5.74) is 0. The largest absolute Gasteiger partial charge is 0.390 e. The van der Waals surface area contributed by atoms with E-state index in [4.69, 9.17) is 0 Å². The third-order valence-corrected chi connectivity index (χ3v) is 2.79. The van der Waals surface area contributed by atoms with Crippen LogP contribution in [0, 0.1) is 5.92 Å². The first-order chi connectivity index (χ1) is 7.38. The molecular formula is C12H27NO3. The fourth-order valence-electron chi connectivity index (χ4n) is 1.50. The van der Waals surface area contributed by atoms with Crippen LogP contribution in [0.4, 0.5) is 0 Å². The summed E-state index contributed by atoms with van der Waals surface area (Å²) in [6, 6.07) is 0. The van der Waals surface area contributed by atoms with Gasteiger partial charge in [0.25, 0.3) is 0 Å².